The Morgan fingerprint density at radius 3 is 2.42 bits per heavy atom. The predicted molar refractivity (Wildman–Crippen MR) is 138 cm³/mol. The van der Waals surface area contributed by atoms with Gasteiger partial charge in [0.15, 0.2) is 11.5 Å². The molecule has 1 N–H and O–H groups in total. The van der Waals surface area contributed by atoms with Crippen molar-refractivity contribution in [3.63, 3.8) is 0 Å². The summed E-state index contributed by atoms with van der Waals surface area (Å²) in [5.74, 6) is 1.72. The van der Waals surface area contributed by atoms with Gasteiger partial charge in [0.2, 0.25) is 5.91 Å². The lowest BCUT2D eigenvalue weighted by atomic mass is 10.1. The van der Waals surface area contributed by atoms with E-state index in [-0.39, 0.29) is 18.0 Å². The molecule has 0 aliphatic heterocycles. The zero-order valence-electron chi connectivity index (χ0n) is 20.2. The smallest absolute Gasteiger partial charge is 0.267 e. The first-order valence-electron chi connectivity index (χ1n) is 11.2. The van der Waals surface area contributed by atoms with Crippen LogP contribution < -0.4 is 25.1 Å². The first kappa shape index (κ1) is 24.9. The molecule has 10 heteroatoms. The quantitative estimate of drug-likeness (QED) is 0.351. The molecule has 9 nitrogen and oxygen atoms in total. The summed E-state index contributed by atoms with van der Waals surface area (Å²) in [6, 6.07) is 16.0. The molecule has 0 aliphatic carbocycles. The second-order valence-electron chi connectivity index (χ2n) is 7.76. The third-order valence-electron chi connectivity index (χ3n) is 5.43. The summed E-state index contributed by atoms with van der Waals surface area (Å²) < 4.78 is 17.0. The zero-order valence-corrected chi connectivity index (χ0v) is 21.0. The van der Waals surface area contributed by atoms with E-state index in [0.717, 1.165) is 32.3 Å². The average molecular weight is 507 g/mol. The van der Waals surface area contributed by atoms with E-state index in [9.17, 15) is 9.59 Å². The third-order valence-corrected chi connectivity index (χ3v) is 6.37. The standard InChI is InChI=1S/C26H26N4O5S/c1-33-20-7-4-17(5-8-20)21-9-11-25(32)30(29-21)15-24(31)27-13-12-19-16-36-26(28-19)18-6-10-22(34-2)23(14-18)35-3/h4-11,14,16H,12-13,15H2,1-3H3,(H,27,31). The van der Waals surface area contributed by atoms with Gasteiger partial charge in [-0.1, -0.05) is 0 Å². The van der Waals surface area contributed by atoms with Gasteiger partial charge in [0.05, 0.1) is 32.7 Å². The second-order valence-corrected chi connectivity index (χ2v) is 8.61. The molecule has 186 valence electrons. The van der Waals surface area contributed by atoms with Gasteiger partial charge in [-0.25, -0.2) is 9.67 Å². The number of nitrogens with one attached hydrogen (secondary N) is 1. The van der Waals surface area contributed by atoms with Gasteiger partial charge in [-0.05, 0) is 48.5 Å². The van der Waals surface area contributed by atoms with Crippen LogP contribution in [0.3, 0.4) is 0 Å². The summed E-state index contributed by atoms with van der Waals surface area (Å²) in [6.07, 6.45) is 0.559. The van der Waals surface area contributed by atoms with E-state index in [4.69, 9.17) is 14.2 Å². The maximum Gasteiger partial charge on any atom is 0.267 e. The van der Waals surface area contributed by atoms with Gasteiger partial charge in [-0.3, -0.25) is 9.59 Å². The molecule has 0 atom stereocenters. The van der Waals surface area contributed by atoms with Gasteiger partial charge in [0.25, 0.3) is 5.56 Å². The number of aromatic nitrogens is 3. The molecule has 4 aromatic rings. The lowest BCUT2D eigenvalue weighted by molar-refractivity contribution is -0.121. The van der Waals surface area contributed by atoms with Crippen LogP contribution >= 0.6 is 11.3 Å². The lowest BCUT2D eigenvalue weighted by Gasteiger charge is -2.08. The number of hydrogen-bond donors (Lipinski definition) is 1. The average Bonchev–Trinajstić information content (AvgIpc) is 3.38. The molecule has 2 aromatic heterocycles. The number of carbonyl (C=O) groups is 1. The van der Waals surface area contributed by atoms with Crippen LogP contribution in [0.1, 0.15) is 5.69 Å². The van der Waals surface area contributed by atoms with E-state index in [1.54, 1.807) is 27.4 Å². The molecule has 0 bridgehead atoms. The molecule has 4 rings (SSSR count). The molecule has 2 aromatic carbocycles. The molecule has 36 heavy (non-hydrogen) atoms. The topological polar surface area (TPSA) is 105 Å². The van der Waals surface area contributed by atoms with Crippen molar-refractivity contribution < 1.29 is 19.0 Å². The minimum absolute atomic E-state index is 0.170. The maximum absolute atomic E-state index is 12.5. The first-order chi connectivity index (χ1) is 17.5. The molecule has 0 radical (unpaired) electrons. The van der Waals surface area contributed by atoms with Gasteiger partial charge in [-0.2, -0.15) is 5.10 Å². The fourth-order valence-electron chi connectivity index (χ4n) is 3.52. The lowest BCUT2D eigenvalue weighted by Crippen LogP contribution is -2.34. The minimum atomic E-state index is -0.346. The van der Waals surface area contributed by atoms with Crippen LogP contribution in [0.15, 0.2) is 64.8 Å². The SMILES string of the molecule is COc1ccc(-c2ccc(=O)n(CC(=O)NCCc3csc(-c4ccc(OC)c(OC)c4)n3)n2)cc1. The van der Waals surface area contributed by atoms with Crippen molar-refractivity contribution in [1.82, 2.24) is 20.1 Å². The third kappa shape index (κ3) is 5.89. The molecule has 0 spiro atoms. The Morgan fingerprint density at radius 1 is 0.944 bits per heavy atom. The monoisotopic (exact) mass is 506 g/mol. The molecular weight excluding hydrogens is 480 g/mol. The van der Waals surface area contributed by atoms with Gasteiger partial charge in [-0.15, -0.1) is 11.3 Å². The van der Waals surface area contributed by atoms with E-state index >= 15 is 0 Å². The normalized spacial score (nSPS) is 10.6. The van der Waals surface area contributed by atoms with Crippen molar-refractivity contribution in [2.24, 2.45) is 0 Å². The highest BCUT2D eigenvalue weighted by Gasteiger charge is 2.11. The second kappa shape index (κ2) is 11.5. The van der Waals surface area contributed by atoms with Crippen molar-refractivity contribution in [1.29, 1.82) is 0 Å². The highest BCUT2D eigenvalue weighted by molar-refractivity contribution is 7.13. The fraction of sp³-hybridized carbons (Fsp3) is 0.231. The van der Waals surface area contributed by atoms with Crippen LogP contribution in [-0.2, 0) is 17.8 Å². The number of methoxy groups -OCH3 is 3. The summed E-state index contributed by atoms with van der Waals surface area (Å²) in [4.78, 5) is 29.4. The van der Waals surface area contributed by atoms with Crippen LogP contribution in [0.2, 0.25) is 0 Å². The zero-order chi connectivity index (χ0) is 25.5. The number of amides is 1. The predicted octanol–water partition coefficient (Wildman–Crippen LogP) is 3.42. The summed E-state index contributed by atoms with van der Waals surface area (Å²) in [5.41, 5.74) is 2.85. The number of carbonyl (C=O) groups excluding carboxylic acids is 1. The number of hydrogen-bond acceptors (Lipinski definition) is 8. The maximum atomic E-state index is 12.5. The number of ether oxygens (including phenoxy) is 3. The summed E-state index contributed by atoms with van der Waals surface area (Å²) in [5, 5.41) is 9.99. The van der Waals surface area contributed by atoms with Gasteiger partial charge in [0.1, 0.15) is 17.3 Å². The fourth-order valence-corrected chi connectivity index (χ4v) is 4.37. The summed E-state index contributed by atoms with van der Waals surface area (Å²) >= 11 is 1.52. The number of thiazole rings is 1. The van der Waals surface area contributed by atoms with Gasteiger partial charge >= 0.3 is 0 Å². The Bertz CT molecular complexity index is 1400. The van der Waals surface area contributed by atoms with Crippen LogP contribution in [0.25, 0.3) is 21.8 Å². The highest BCUT2D eigenvalue weighted by Crippen LogP contribution is 2.33. The van der Waals surface area contributed by atoms with E-state index in [1.165, 1.54) is 17.4 Å². The Labute approximate surface area is 212 Å². The van der Waals surface area contributed by atoms with Gasteiger partial charge < -0.3 is 19.5 Å². The highest BCUT2D eigenvalue weighted by atomic mass is 32.1. The first-order valence-corrected chi connectivity index (χ1v) is 12.0. The van der Waals surface area contributed by atoms with Crippen LogP contribution in [-0.4, -0.2) is 48.5 Å². The molecule has 0 saturated heterocycles. The Morgan fingerprint density at radius 2 is 1.69 bits per heavy atom. The largest absolute Gasteiger partial charge is 0.497 e. The Hall–Kier alpha value is -4.18. The summed E-state index contributed by atoms with van der Waals surface area (Å²) in [7, 11) is 4.78. The van der Waals surface area contributed by atoms with Crippen molar-refractivity contribution in [3.05, 3.63) is 76.0 Å². The van der Waals surface area contributed by atoms with E-state index in [0.29, 0.717) is 30.2 Å². The van der Waals surface area contributed by atoms with E-state index in [1.807, 2.05) is 47.8 Å². The van der Waals surface area contributed by atoms with E-state index < -0.39 is 0 Å². The van der Waals surface area contributed by atoms with E-state index in [2.05, 4.69) is 15.4 Å². The van der Waals surface area contributed by atoms with Crippen LogP contribution in [0.5, 0.6) is 17.2 Å². The molecule has 1 amide bonds. The summed E-state index contributed by atoms with van der Waals surface area (Å²) in [6.45, 7) is 0.220. The van der Waals surface area contributed by atoms with Crippen LogP contribution in [0, 0.1) is 0 Å². The van der Waals surface area contributed by atoms with Crippen molar-refractivity contribution >= 4 is 17.2 Å². The minimum Gasteiger partial charge on any atom is -0.497 e. The Balaban J connectivity index is 1.34. The Kier molecular flexibility index (Phi) is 7.96. The van der Waals surface area contributed by atoms with Crippen LogP contribution in [0.4, 0.5) is 0 Å². The molecule has 2 heterocycles. The molecular formula is C26H26N4O5S. The molecule has 0 saturated carbocycles. The number of benzene rings is 2. The van der Waals surface area contributed by atoms with Gasteiger partial charge in [0, 0.05) is 35.5 Å². The molecule has 0 unspecified atom stereocenters. The number of nitrogens with zero attached hydrogens (tertiary/aromatic N) is 3. The van der Waals surface area contributed by atoms with Crippen molar-refractivity contribution in [2.75, 3.05) is 27.9 Å². The van der Waals surface area contributed by atoms with Crippen molar-refractivity contribution in [2.45, 2.75) is 13.0 Å². The molecule has 0 aliphatic rings. The molecule has 0 fully saturated rings. The number of rotatable bonds is 10. The van der Waals surface area contributed by atoms with Crippen molar-refractivity contribution in [3.8, 4) is 39.1 Å².